The maximum Gasteiger partial charge on any atom is 0.409 e. The molecule has 0 aromatic carbocycles. The number of allylic oxidation sites excluding steroid dienone is 1. The number of nitriles is 1. The van der Waals surface area contributed by atoms with E-state index in [0.29, 0.717) is 24.6 Å². The average Bonchev–Trinajstić information content (AvgIpc) is 2.45. The van der Waals surface area contributed by atoms with E-state index in [4.69, 9.17) is 10.00 Å². The first-order chi connectivity index (χ1) is 9.21. The van der Waals surface area contributed by atoms with Crippen LogP contribution in [0.4, 0.5) is 4.79 Å². The Balaban J connectivity index is 2.34. The molecule has 5 nitrogen and oxygen atoms in total. The molecular formula is C13H21N3O2S. The molecule has 0 atom stereocenters. The van der Waals surface area contributed by atoms with Crippen molar-refractivity contribution in [1.82, 2.24) is 9.80 Å². The molecule has 1 amide bonds. The number of amides is 1. The number of thioether (sulfide) groups is 1. The van der Waals surface area contributed by atoms with Crippen molar-refractivity contribution in [3.63, 3.8) is 0 Å². The second kappa shape index (κ2) is 8.70. The molecule has 0 N–H and O–H groups in total. The van der Waals surface area contributed by atoms with Crippen LogP contribution in [0, 0.1) is 11.3 Å². The van der Waals surface area contributed by atoms with Crippen LogP contribution in [0.2, 0.25) is 0 Å². The predicted molar refractivity (Wildman–Crippen MR) is 76.6 cm³/mol. The van der Waals surface area contributed by atoms with Gasteiger partial charge in [-0.15, -0.1) is 11.8 Å². The van der Waals surface area contributed by atoms with E-state index in [9.17, 15) is 4.79 Å². The standard InChI is InChI=1S/C13H21N3O2S/c1-3-4-9-18-13(17)16-7-5-15(6-8-16)11-12(10-14)19-2/h11H,3-9H2,1-2H3. The first-order valence-corrected chi connectivity index (χ1v) is 7.75. The highest BCUT2D eigenvalue weighted by molar-refractivity contribution is 8.02. The minimum absolute atomic E-state index is 0.220. The van der Waals surface area contributed by atoms with Crippen LogP contribution in [-0.4, -0.2) is 54.9 Å². The number of hydrogen-bond acceptors (Lipinski definition) is 5. The van der Waals surface area contributed by atoms with Crippen LogP contribution in [0.5, 0.6) is 0 Å². The number of hydrogen-bond donors (Lipinski definition) is 0. The van der Waals surface area contributed by atoms with E-state index in [1.165, 1.54) is 11.8 Å². The van der Waals surface area contributed by atoms with Crippen LogP contribution in [0.25, 0.3) is 0 Å². The topological polar surface area (TPSA) is 56.6 Å². The van der Waals surface area contributed by atoms with Gasteiger partial charge in [0.25, 0.3) is 0 Å². The fourth-order valence-corrected chi connectivity index (χ4v) is 2.07. The van der Waals surface area contributed by atoms with Crippen molar-refractivity contribution in [3.05, 3.63) is 11.1 Å². The van der Waals surface area contributed by atoms with Crippen molar-refractivity contribution in [2.45, 2.75) is 19.8 Å². The monoisotopic (exact) mass is 283 g/mol. The van der Waals surface area contributed by atoms with Gasteiger partial charge in [-0.2, -0.15) is 5.26 Å². The van der Waals surface area contributed by atoms with Crippen molar-refractivity contribution >= 4 is 17.9 Å². The number of ether oxygens (including phenoxy) is 1. The van der Waals surface area contributed by atoms with Crippen LogP contribution in [0.1, 0.15) is 19.8 Å². The summed E-state index contributed by atoms with van der Waals surface area (Å²) in [5.41, 5.74) is 0. The van der Waals surface area contributed by atoms with Gasteiger partial charge in [-0.1, -0.05) is 13.3 Å². The van der Waals surface area contributed by atoms with Gasteiger partial charge in [0.05, 0.1) is 6.61 Å². The van der Waals surface area contributed by atoms with Crippen molar-refractivity contribution in [3.8, 4) is 6.07 Å². The molecule has 0 aromatic rings. The summed E-state index contributed by atoms with van der Waals surface area (Å²) in [5, 5.41) is 8.87. The number of piperazine rings is 1. The maximum absolute atomic E-state index is 11.7. The van der Waals surface area contributed by atoms with Crippen molar-refractivity contribution in [2.24, 2.45) is 0 Å². The molecule has 19 heavy (non-hydrogen) atoms. The van der Waals surface area contributed by atoms with Gasteiger partial charge in [-0.25, -0.2) is 4.79 Å². The van der Waals surface area contributed by atoms with E-state index in [0.717, 1.165) is 25.9 Å². The molecule has 0 bridgehead atoms. The van der Waals surface area contributed by atoms with Crippen LogP contribution >= 0.6 is 11.8 Å². The highest BCUT2D eigenvalue weighted by atomic mass is 32.2. The summed E-state index contributed by atoms with van der Waals surface area (Å²) >= 11 is 1.44. The van der Waals surface area contributed by atoms with E-state index >= 15 is 0 Å². The molecule has 1 aliphatic rings. The quantitative estimate of drug-likeness (QED) is 0.572. The Morgan fingerprint density at radius 3 is 2.63 bits per heavy atom. The van der Waals surface area contributed by atoms with Gasteiger partial charge in [-0.05, 0) is 12.7 Å². The zero-order valence-electron chi connectivity index (χ0n) is 11.6. The summed E-state index contributed by atoms with van der Waals surface area (Å²) in [6.45, 7) is 5.35. The molecule has 0 spiro atoms. The summed E-state index contributed by atoms with van der Waals surface area (Å²) in [7, 11) is 0. The molecule has 0 aliphatic carbocycles. The lowest BCUT2D eigenvalue weighted by atomic mass is 10.3. The molecule has 1 fully saturated rings. The normalized spacial score (nSPS) is 16.2. The van der Waals surface area contributed by atoms with Crippen LogP contribution in [-0.2, 0) is 4.74 Å². The second-order valence-electron chi connectivity index (χ2n) is 4.30. The van der Waals surface area contributed by atoms with Crippen LogP contribution < -0.4 is 0 Å². The maximum atomic E-state index is 11.7. The van der Waals surface area contributed by atoms with Gasteiger partial charge in [0.15, 0.2) is 0 Å². The Hall–Kier alpha value is -1.35. The Morgan fingerprint density at radius 1 is 1.42 bits per heavy atom. The second-order valence-corrected chi connectivity index (χ2v) is 5.15. The van der Waals surface area contributed by atoms with Gasteiger partial charge in [-0.3, -0.25) is 0 Å². The summed E-state index contributed by atoms with van der Waals surface area (Å²) in [5.74, 6) is 0. The van der Waals surface area contributed by atoms with E-state index in [1.54, 1.807) is 4.90 Å². The van der Waals surface area contributed by atoms with Crippen molar-refractivity contribution < 1.29 is 9.53 Å². The Bertz CT molecular complexity index is 357. The third-order valence-electron chi connectivity index (χ3n) is 2.93. The molecule has 6 heteroatoms. The zero-order chi connectivity index (χ0) is 14.1. The minimum atomic E-state index is -0.220. The van der Waals surface area contributed by atoms with E-state index in [-0.39, 0.29) is 6.09 Å². The number of rotatable bonds is 5. The molecular weight excluding hydrogens is 262 g/mol. The van der Waals surface area contributed by atoms with Gasteiger partial charge in [0.1, 0.15) is 11.0 Å². The van der Waals surface area contributed by atoms with E-state index < -0.39 is 0 Å². The fraction of sp³-hybridized carbons (Fsp3) is 0.692. The highest BCUT2D eigenvalue weighted by Gasteiger charge is 2.20. The Morgan fingerprint density at radius 2 is 2.11 bits per heavy atom. The Kier molecular flexibility index (Phi) is 7.19. The molecule has 0 saturated carbocycles. The lowest BCUT2D eigenvalue weighted by Crippen LogP contribution is -2.47. The van der Waals surface area contributed by atoms with Crippen LogP contribution in [0.3, 0.4) is 0 Å². The summed E-state index contributed by atoms with van der Waals surface area (Å²) < 4.78 is 5.18. The minimum Gasteiger partial charge on any atom is -0.449 e. The first-order valence-electron chi connectivity index (χ1n) is 6.53. The zero-order valence-corrected chi connectivity index (χ0v) is 12.4. The third-order valence-corrected chi connectivity index (χ3v) is 3.56. The molecule has 1 rings (SSSR count). The van der Waals surface area contributed by atoms with Gasteiger partial charge in [0, 0.05) is 32.4 Å². The molecule has 0 radical (unpaired) electrons. The lowest BCUT2D eigenvalue weighted by Gasteiger charge is -2.33. The molecule has 0 unspecified atom stereocenters. The van der Waals surface area contributed by atoms with Gasteiger partial charge < -0.3 is 14.5 Å². The summed E-state index contributed by atoms with van der Waals surface area (Å²) in [6, 6.07) is 2.14. The van der Waals surface area contributed by atoms with E-state index in [1.807, 2.05) is 12.5 Å². The molecule has 1 heterocycles. The lowest BCUT2D eigenvalue weighted by molar-refractivity contribution is 0.0842. The smallest absolute Gasteiger partial charge is 0.409 e. The van der Waals surface area contributed by atoms with Crippen molar-refractivity contribution in [2.75, 3.05) is 39.0 Å². The molecule has 0 aromatic heterocycles. The SMILES string of the molecule is CCCCOC(=O)N1CCN(C=C(C#N)SC)CC1. The largest absolute Gasteiger partial charge is 0.449 e. The van der Waals surface area contributed by atoms with Crippen LogP contribution in [0.15, 0.2) is 11.1 Å². The predicted octanol–water partition coefficient (Wildman–Crippen LogP) is 2.27. The number of nitrogens with zero attached hydrogens (tertiary/aromatic N) is 3. The molecule has 1 aliphatic heterocycles. The van der Waals surface area contributed by atoms with Gasteiger partial charge in [0.2, 0.25) is 0 Å². The Labute approximate surface area is 119 Å². The first kappa shape index (κ1) is 15.7. The third kappa shape index (κ3) is 5.43. The molecule has 1 saturated heterocycles. The number of unbranched alkanes of at least 4 members (excludes halogenated alkanes) is 1. The number of carbonyl (C=O) groups excluding carboxylic acids is 1. The molecule has 106 valence electrons. The summed E-state index contributed by atoms with van der Waals surface area (Å²) in [6.07, 6.45) is 5.47. The average molecular weight is 283 g/mol. The summed E-state index contributed by atoms with van der Waals surface area (Å²) in [4.78, 5) is 16.2. The van der Waals surface area contributed by atoms with E-state index in [2.05, 4.69) is 17.9 Å². The number of carbonyl (C=O) groups is 1. The van der Waals surface area contributed by atoms with Crippen molar-refractivity contribution in [1.29, 1.82) is 5.26 Å². The van der Waals surface area contributed by atoms with Gasteiger partial charge >= 0.3 is 6.09 Å². The highest BCUT2D eigenvalue weighted by Crippen LogP contribution is 2.13. The fourth-order valence-electron chi connectivity index (χ4n) is 1.72.